The molecule has 1 aromatic carbocycles. The third-order valence-electron chi connectivity index (χ3n) is 4.69. The number of nitrogens with zero attached hydrogens (tertiary/aromatic N) is 2. The summed E-state index contributed by atoms with van der Waals surface area (Å²) in [5.41, 5.74) is 1.48. The molecule has 0 saturated heterocycles. The number of fused-ring (bicyclic) bond motifs is 1. The van der Waals surface area contributed by atoms with Crippen LogP contribution in [0.2, 0.25) is 0 Å². The first-order chi connectivity index (χ1) is 13.9. The molecule has 0 unspecified atom stereocenters. The van der Waals surface area contributed by atoms with Crippen molar-refractivity contribution in [2.75, 3.05) is 13.7 Å². The lowest BCUT2D eigenvalue weighted by Gasteiger charge is -2.21. The molecule has 1 aliphatic rings. The van der Waals surface area contributed by atoms with E-state index in [2.05, 4.69) is 4.99 Å². The largest absolute Gasteiger partial charge is 0.504 e. The Morgan fingerprint density at radius 1 is 1.38 bits per heavy atom. The van der Waals surface area contributed by atoms with E-state index in [0.717, 1.165) is 6.42 Å². The van der Waals surface area contributed by atoms with E-state index in [1.54, 1.807) is 32.1 Å². The van der Waals surface area contributed by atoms with Crippen LogP contribution in [0.3, 0.4) is 0 Å². The Hall–Kier alpha value is -2.87. The maximum atomic E-state index is 13.1. The van der Waals surface area contributed by atoms with Gasteiger partial charge in [0.2, 0.25) is 0 Å². The number of allylic oxidation sites excluding steroid dienone is 1. The molecule has 7 nitrogen and oxygen atoms in total. The Kier molecular flexibility index (Phi) is 6.22. The van der Waals surface area contributed by atoms with Gasteiger partial charge in [0.25, 0.3) is 5.56 Å². The minimum atomic E-state index is -0.426. The van der Waals surface area contributed by atoms with E-state index >= 15 is 0 Å². The molecule has 0 fully saturated rings. The molecule has 0 amide bonds. The molecule has 0 saturated carbocycles. The lowest BCUT2D eigenvalue weighted by atomic mass is 10.00. The fourth-order valence-corrected chi connectivity index (χ4v) is 4.39. The standard InChI is InChI=1S/C21H24N2O5S/c1-5-7-14-18(20(26)28-6-2)12(3)23-19(25)17(29-21(23)22-14)11-13-8-9-15(24)16(10-13)27-4/h8-11,14,24H,5-7H2,1-4H3/b17-11-/t14-/m1/s1. The molecule has 0 bridgehead atoms. The number of carbonyl (C=O) groups is 1. The molecule has 0 aliphatic carbocycles. The van der Waals surface area contributed by atoms with E-state index in [1.807, 2.05) is 6.92 Å². The van der Waals surface area contributed by atoms with Crippen LogP contribution in [0, 0.1) is 0 Å². The van der Waals surface area contributed by atoms with Crippen LogP contribution >= 0.6 is 11.3 Å². The third kappa shape index (κ3) is 3.98. The highest BCUT2D eigenvalue weighted by Gasteiger charge is 2.29. The Labute approximate surface area is 172 Å². The maximum absolute atomic E-state index is 13.1. The predicted molar refractivity (Wildman–Crippen MR) is 112 cm³/mol. The van der Waals surface area contributed by atoms with Gasteiger partial charge in [0.1, 0.15) is 0 Å². The number of thiazole rings is 1. The molecule has 0 spiro atoms. The molecule has 1 N–H and O–H groups in total. The van der Waals surface area contributed by atoms with Gasteiger partial charge in [-0.3, -0.25) is 9.36 Å². The maximum Gasteiger partial charge on any atom is 0.337 e. The number of methoxy groups -OCH3 is 1. The number of carbonyl (C=O) groups excluding carboxylic acids is 1. The van der Waals surface area contributed by atoms with Crippen LogP contribution in [0.15, 0.2) is 33.6 Å². The van der Waals surface area contributed by atoms with Crippen molar-refractivity contribution in [3.63, 3.8) is 0 Å². The highest BCUT2D eigenvalue weighted by molar-refractivity contribution is 7.07. The molecule has 1 aliphatic heterocycles. The zero-order chi connectivity index (χ0) is 21.1. The summed E-state index contributed by atoms with van der Waals surface area (Å²) < 4.78 is 12.3. The third-order valence-corrected chi connectivity index (χ3v) is 5.67. The molecule has 2 aromatic rings. The number of hydrogen-bond donors (Lipinski definition) is 1. The second kappa shape index (κ2) is 8.65. The van der Waals surface area contributed by atoms with Crippen LogP contribution in [-0.4, -0.2) is 35.4 Å². The average molecular weight is 416 g/mol. The fourth-order valence-electron chi connectivity index (χ4n) is 3.33. The monoisotopic (exact) mass is 416 g/mol. The van der Waals surface area contributed by atoms with Gasteiger partial charge in [-0.2, -0.15) is 0 Å². The van der Waals surface area contributed by atoms with Gasteiger partial charge < -0.3 is 14.6 Å². The number of rotatable bonds is 6. The van der Waals surface area contributed by atoms with Crippen molar-refractivity contribution in [3.05, 3.63) is 49.0 Å². The molecule has 1 aromatic heterocycles. The van der Waals surface area contributed by atoms with Crippen LogP contribution in [0.1, 0.15) is 39.2 Å². The first kappa shape index (κ1) is 20.9. The zero-order valence-electron chi connectivity index (χ0n) is 16.9. The molecular formula is C21H24N2O5S. The van der Waals surface area contributed by atoms with Crippen molar-refractivity contribution in [3.8, 4) is 11.5 Å². The summed E-state index contributed by atoms with van der Waals surface area (Å²) >= 11 is 1.27. The van der Waals surface area contributed by atoms with E-state index in [-0.39, 0.29) is 24.0 Å². The Balaban J connectivity index is 2.18. The Morgan fingerprint density at radius 2 is 2.14 bits per heavy atom. The summed E-state index contributed by atoms with van der Waals surface area (Å²) in [7, 11) is 1.47. The van der Waals surface area contributed by atoms with E-state index < -0.39 is 5.97 Å². The molecule has 0 radical (unpaired) electrons. The summed E-state index contributed by atoms with van der Waals surface area (Å²) in [5, 5.41) is 9.76. The number of esters is 1. The van der Waals surface area contributed by atoms with Gasteiger partial charge in [-0.15, -0.1) is 0 Å². The van der Waals surface area contributed by atoms with Crippen molar-refractivity contribution in [2.24, 2.45) is 4.99 Å². The van der Waals surface area contributed by atoms with Crippen molar-refractivity contribution in [1.29, 1.82) is 0 Å². The van der Waals surface area contributed by atoms with Crippen LogP contribution in [0.25, 0.3) is 11.8 Å². The van der Waals surface area contributed by atoms with E-state index in [4.69, 9.17) is 9.47 Å². The first-order valence-corrected chi connectivity index (χ1v) is 10.3. The highest BCUT2D eigenvalue weighted by Crippen LogP contribution is 2.26. The van der Waals surface area contributed by atoms with Crippen molar-refractivity contribution in [2.45, 2.75) is 39.7 Å². The zero-order valence-corrected chi connectivity index (χ0v) is 17.7. The lowest BCUT2D eigenvalue weighted by molar-refractivity contribution is -0.138. The average Bonchev–Trinajstić information content (AvgIpc) is 2.99. The quantitative estimate of drug-likeness (QED) is 0.728. The minimum absolute atomic E-state index is 0.0297. The number of benzene rings is 1. The van der Waals surface area contributed by atoms with Gasteiger partial charge in [0, 0.05) is 5.70 Å². The molecule has 3 rings (SSSR count). The summed E-state index contributed by atoms with van der Waals surface area (Å²) in [6.45, 7) is 5.81. The fraction of sp³-hybridized carbons (Fsp3) is 0.381. The number of aromatic nitrogens is 1. The van der Waals surface area contributed by atoms with Gasteiger partial charge in [-0.05, 0) is 44.0 Å². The van der Waals surface area contributed by atoms with Gasteiger partial charge in [-0.1, -0.05) is 30.7 Å². The molecular weight excluding hydrogens is 392 g/mol. The van der Waals surface area contributed by atoms with Gasteiger partial charge in [-0.25, -0.2) is 9.79 Å². The SMILES string of the molecule is CCC[C@H]1N=c2s/c(=C\c3ccc(O)c(OC)c3)c(=O)n2C(C)=C1C(=O)OCC. The van der Waals surface area contributed by atoms with Crippen LogP contribution in [0.4, 0.5) is 0 Å². The van der Waals surface area contributed by atoms with Crippen molar-refractivity contribution < 1.29 is 19.4 Å². The number of ether oxygens (including phenoxy) is 2. The molecule has 154 valence electrons. The highest BCUT2D eigenvalue weighted by atomic mass is 32.1. The van der Waals surface area contributed by atoms with Crippen LogP contribution < -0.4 is 19.6 Å². The molecule has 2 heterocycles. The number of phenols is 1. The molecule has 8 heteroatoms. The van der Waals surface area contributed by atoms with E-state index in [9.17, 15) is 14.7 Å². The number of hydrogen-bond acceptors (Lipinski definition) is 7. The smallest absolute Gasteiger partial charge is 0.337 e. The van der Waals surface area contributed by atoms with Crippen LogP contribution in [-0.2, 0) is 9.53 Å². The first-order valence-electron chi connectivity index (χ1n) is 9.47. The lowest BCUT2D eigenvalue weighted by Crippen LogP contribution is -2.37. The second-order valence-electron chi connectivity index (χ2n) is 6.62. The second-order valence-corrected chi connectivity index (χ2v) is 7.63. The van der Waals surface area contributed by atoms with Crippen LogP contribution in [0.5, 0.6) is 11.5 Å². The summed E-state index contributed by atoms with van der Waals surface area (Å²) in [6, 6.07) is 4.55. The van der Waals surface area contributed by atoms with Gasteiger partial charge in [0.15, 0.2) is 16.3 Å². The van der Waals surface area contributed by atoms with Gasteiger partial charge in [0.05, 0.1) is 29.9 Å². The van der Waals surface area contributed by atoms with Crippen molar-refractivity contribution in [1.82, 2.24) is 4.57 Å². The van der Waals surface area contributed by atoms with Gasteiger partial charge >= 0.3 is 5.97 Å². The molecule has 1 atom stereocenters. The summed E-state index contributed by atoms with van der Waals surface area (Å²) in [4.78, 5) is 30.8. The van der Waals surface area contributed by atoms with E-state index in [1.165, 1.54) is 29.1 Å². The topological polar surface area (TPSA) is 90.1 Å². The summed E-state index contributed by atoms with van der Waals surface area (Å²) in [5.74, 6) is -0.0691. The van der Waals surface area contributed by atoms with Crippen molar-refractivity contribution >= 4 is 29.1 Å². The summed E-state index contributed by atoms with van der Waals surface area (Å²) in [6.07, 6.45) is 3.28. The predicted octanol–water partition coefficient (Wildman–Crippen LogP) is 2.05. The number of phenolic OH excluding ortho intramolecular Hbond substituents is 1. The minimum Gasteiger partial charge on any atom is -0.504 e. The van der Waals surface area contributed by atoms with E-state index in [0.29, 0.717) is 38.3 Å². The Morgan fingerprint density at radius 3 is 2.79 bits per heavy atom. The molecule has 29 heavy (non-hydrogen) atoms. The normalized spacial score (nSPS) is 16.4. The Bertz CT molecular complexity index is 1140. The number of aromatic hydroxyl groups is 1.